The van der Waals surface area contributed by atoms with Crippen LogP contribution in [0, 0.1) is 0 Å². The first-order chi connectivity index (χ1) is 3.70. The van der Waals surface area contributed by atoms with Crippen LogP contribution in [0.2, 0.25) is 0 Å². The summed E-state index contributed by atoms with van der Waals surface area (Å²) < 4.78 is 0. The van der Waals surface area contributed by atoms with E-state index in [9.17, 15) is 0 Å². The summed E-state index contributed by atoms with van der Waals surface area (Å²) in [7, 11) is 0. The molecule has 2 unspecified atom stereocenters. The molecule has 0 aliphatic carbocycles. The molecule has 1 heterocycles. The van der Waals surface area contributed by atoms with E-state index in [-0.39, 0.29) is 0 Å². The quantitative estimate of drug-likeness (QED) is 0.475. The van der Waals surface area contributed by atoms with Gasteiger partial charge in [0.15, 0.2) is 0 Å². The van der Waals surface area contributed by atoms with Crippen LogP contribution in [0.1, 0.15) is 13.8 Å². The van der Waals surface area contributed by atoms with Crippen molar-refractivity contribution in [2.45, 2.75) is 25.9 Å². The molecule has 1 aliphatic rings. The molecule has 0 saturated carbocycles. The predicted molar refractivity (Wildman–Crippen MR) is 34.3 cm³/mol. The average molecular weight is 112 g/mol. The van der Waals surface area contributed by atoms with Crippen molar-refractivity contribution in [1.82, 2.24) is 10.6 Å². The molecule has 0 aromatic rings. The maximum Gasteiger partial charge on any atom is 0.0917 e. The number of rotatable bonds is 0. The van der Waals surface area contributed by atoms with Gasteiger partial charge in [0.05, 0.1) is 5.82 Å². The first-order valence-electron chi connectivity index (χ1n) is 2.92. The monoisotopic (exact) mass is 112 g/mol. The third kappa shape index (κ3) is 0.782. The Morgan fingerprint density at radius 1 is 1.25 bits per heavy atom. The van der Waals surface area contributed by atoms with E-state index < -0.39 is 0 Å². The van der Waals surface area contributed by atoms with E-state index in [0.29, 0.717) is 12.1 Å². The van der Waals surface area contributed by atoms with Crippen LogP contribution in [0.5, 0.6) is 0 Å². The summed E-state index contributed by atoms with van der Waals surface area (Å²) >= 11 is 0. The zero-order valence-electron chi connectivity index (χ0n) is 5.36. The van der Waals surface area contributed by atoms with Crippen molar-refractivity contribution >= 4 is 0 Å². The highest BCUT2D eigenvalue weighted by molar-refractivity contribution is 5.02. The average Bonchev–Trinajstić information content (AvgIpc) is 1.85. The van der Waals surface area contributed by atoms with Crippen molar-refractivity contribution in [3.8, 4) is 0 Å². The molecule has 1 fully saturated rings. The molecular weight excluding hydrogens is 100 g/mol. The van der Waals surface area contributed by atoms with Crippen LogP contribution >= 0.6 is 0 Å². The maximum atomic E-state index is 3.73. The highest BCUT2D eigenvalue weighted by Crippen LogP contribution is 2.02. The van der Waals surface area contributed by atoms with E-state index >= 15 is 0 Å². The Hall–Kier alpha value is -0.660. The summed E-state index contributed by atoms with van der Waals surface area (Å²) in [5.41, 5.74) is 0. The molecule has 2 N–H and O–H groups in total. The Balaban J connectivity index is 2.51. The van der Waals surface area contributed by atoms with Crippen molar-refractivity contribution in [2.75, 3.05) is 0 Å². The lowest BCUT2D eigenvalue weighted by molar-refractivity contribution is 0.583. The van der Waals surface area contributed by atoms with Crippen LogP contribution in [0.4, 0.5) is 0 Å². The topological polar surface area (TPSA) is 24.1 Å². The molecule has 0 aromatic heterocycles. The molecular formula is C6H12N2. The molecule has 2 atom stereocenters. The minimum atomic E-state index is 0.530. The van der Waals surface area contributed by atoms with Crippen molar-refractivity contribution in [1.29, 1.82) is 0 Å². The van der Waals surface area contributed by atoms with E-state index in [4.69, 9.17) is 0 Å². The van der Waals surface area contributed by atoms with Gasteiger partial charge in [0.1, 0.15) is 0 Å². The highest BCUT2D eigenvalue weighted by atomic mass is 15.2. The van der Waals surface area contributed by atoms with Gasteiger partial charge in [0.2, 0.25) is 0 Å². The molecule has 1 rings (SSSR count). The van der Waals surface area contributed by atoms with Gasteiger partial charge in [0.25, 0.3) is 0 Å². The van der Waals surface area contributed by atoms with E-state index in [1.807, 2.05) is 0 Å². The normalized spacial score (nSPS) is 36.5. The second-order valence-electron chi connectivity index (χ2n) is 2.34. The van der Waals surface area contributed by atoms with Gasteiger partial charge in [-0.1, -0.05) is 6.58 Å². The third-order valence-electron chi connectivity index (χ3n) is 1.55. The molecule has 46 valence electrons. The second-order valence-corrected chi connectivity index (χ2v) is 2.34. The van der Waals surface area contributed by atoms with Crippen LogP contribution < -0.4 is 10.6 Å². The molecule has 0 spiro atoms. The molecule has 0 bridgehead atoms. The summed E-state index contributed by atoms with van der Waals surface area (Å²) in [4.78, 5) is 0. The molecule has 0 amide bonds. The first kappa shape index (κ1) is 5.48. The fourth-order valence-corrected chi connectivity index (χ4v) is 0.841. The fraction of sp³-hybridized carbons (Fsp3) is 0.667. The zero-order valence-corrected chi connectivity index (χ0v) is 5.36. The predicted octanol–water partition coefficient (Wildman–Crippen LogP) is 0.427. The van der Waals surface area contributed by atoms with Crippen molar-refractivity contribution < 1.29 is 0 Å². The van der Waals surface area contributed by atoms with Crippen LogP contribution in [0.3, 0.4) is 0 Å². The summed E-state index contributed by atoms with van der Waals surface area (Å²) in [5, 5.41) is 6.32. The minimum absolute atomic E-state index is 0.530. The van der Waals surface area contributed by atoms with Crippen molar-refractivity contribution in [2.24, 2.45) is 0 Å². The van der Waals surface area contributed by atoms with E-state index in [0.717, 1.165) is 5.82 Å². The van der Waals surface area contributed by atoms with Gasteiger partial charge in [-0.25, -0.2) is 0 Å². The van der Waals surface area contributed by atoms with E-state index in [1.165, 1.54) is 0 Å². The zero-order chi connectivity index (χ0) is 6.15. The molecule has 0 radical (unpaired) electrons. The van der Waals surface area contributed by atoms with Crippen LogP contribution in [-0.4, -0.2) is 12.1 Å². The molecule has 1 aliphatic heterocycles. The fourth-order valence-electron chi connectivity index (χ4n) is 0.841. The lowest BCUT2D eigenvalue weighted by atomic mass is 10.2. The first-order valence-corrected chi connectivity index (χ1v) is 2.92. The maximum absolute atomic E-state index is 3.73. The van der Waals surface area contributed by atoms with Crippen LogP contribution in [0.15, 0.2) is 12.4 Å². The highest BCUT2D eigenvalue weighted by Gasteiger charge is 2.18. The minimum Gasteiger partial charge on any atom is -0.368 e. The summed E-state index contributed by atoms with van der Waals surface area (Å²) in [6.45, 7) is 8.00. The largest absolute Gasteiger partial charge is 0.368 e. The second kappa shape index (κ2) is 1.69. The number of hydrogen-bond acceptors (Lipinski definition) is 2. The van der Waals surface area contributed by atoms with E-state index in [2.05, 4.69) is 31.1 Å². The molecule has 1 saturated heterocycles. The van der Waals surface area contributed by atoms with Gasteiger partial charge < -0.3 is 10.6 Å². The molecule has 2 nitrogen and oxygen atoms in total. The van der Waals surface area contributed by atoms with Crippen molar-refractivity contribution in [3.05, 3.63) is 12.4 Å². The van der Waals surface area contributed by atoms with Gasteiger partial charge in [-0.2, -0.15) is 0 Å². The molecule has 2 heteroatoms. The van der Waals surface area contributed by atoms with Crippen molar-refractivity contribution in [3.63, 3.8) is 0 Å². The standard InChI is InChI=1S/C6H12N2/c1-4-5(2)8-6(3)7-4/h4-5,7-8H,3H2,1-2H3. The third-order valence-corrected chi connectivity index (χ3v) is 1.55. The van der Waals surface area contributed by atoms with Gasteiger partial charge in [-0.05, 0) is 13.8 Å². The smallest absolute Gasteiger partial charge is 0.0917 e. The number of hydrogen-bond donors (Lipinski definition) is 2. The van der Waals surface area contributed by atoms with Crippen LogP contribution in [0.25, 0.3) is 0 Å². The van der Waals surface area contributed by atoms with Gasteiger partial charge in [-0.3, -0.25) is 0 Å². The Morgan fingerprint density at radius 2 is 1.62 bits per heavy atom. The lowest BCUT2D eigenvalue weighted by Crippen LogP contribution is -2.26. The summed E-state index contributed by atoms with van der Waals surface area (Å²) in [5.74, 6) is 0.949. The van der Waals surface area contributed by atoms with Gasteiger partial charge in [-0.15, -0.1) is 0 Å². The van der Waals surface area contributed by atoms with E-state index in [1.54, 1.807) is 0 Å². The lowest BCUT2D eigenvalue weighted by Gasteiger charge is -2.05. The SMILES string of the molecule is C=C1NC(C)C(C)N1. The Labute approximate surface area is 50.0 Å². The summed E-state index contributed by atoms with van der Waals surface area (Å²) in [6, 6.07) is 1.06. The summed E-state index contributed by atoms with van der Waals surface area (Å²) in [6.07, 6.45) is 0. The Bertz CT molecular complexity index is 97.1. The van der Waals surface area contributed by atoms with Crippen LogP contribution in [-0.2, 0) is 0 Å². The number of nitrogens with one attached hydrogen (secondary N) is 2. The Morgan fingerprint density at radius 3 is 1.75 bits per heavy atom. The Kier molecular flexibility index (Phi) is 1.16. The molecule has 0 aromatic carbocycles. The van der Waals surface area contributed by atoms with Gasteiger partial charge in [0, 0.05) is 12.1 Å². The van der Waals surface area contributed by atoms with Gasteiger partial charge >= 0.3 is 0 Å². The molecule has 8 heavy (non-hydrogen) atoms.